The average molecular weight is 442 g/mol. The molecule has 1 aromatic carbocycles. The summed E-state index contributed by atoms with van der Waals surface area (Å²) in [5, 5.41) is 2.71. The molecule has 168 valence electrons. The number of hydrogen-bond donors (Lipinski definition) is 1. The minimum atomic E-state index is -3.60. The van der Waals surface area contributed by atoms with E-state index in [0.29, 0.717) is 43.9 Å². The van der Waals surface area contributed by atoms with Gasteiger partial charge in [-0.25, -0.2) is 9.18 Å². The summed E-state index contributed by atoms with van der Waals surface area (Å²) in [6, 6.07) is 3.94. The summed E-state index contributed by atoms with van der Waals surface area (Å²) in [4.78, 5) is 16.5. The molecule has 0 saturated carbocycles. The number of amides is 2. The van der Waals surface area contributed by atoms with E-state index in [2.05, 4.69) is 10.2 Å². The van der Waals surface area contributed by atoms with Gasteiger partial charge >= 0.3 is 6.03 Å². The number of hydrogen-bond acceptors (Lipinski definition) is 4. The molecule has 10 heteroatoms. The van der Waals surface area contributed by atoms with Gasteiger partial charge in [0.25, 0.3) is 10.2 Å². The molecule has 1 unspecified atom stereocenters. The Kier molecular flexibility index (Phi) is 7.33. The van der Waals surface area contributed by atoms with Crippen LogP contribution in [0.5, 0.6) is 0 Å². The fraction of sp³-hybridized carbons (Fsp3) is 0.650. The second-order valence-corrected chi connectivity index (χ2v) is 10.3. The van der Waals surface area contributed by atoms with Crippen molar-refractivity contribution in [2.24, 2.45) is 0 Å². The van der Waals surface area contributed by atoms with Crippen molar-refractivity contribution in [3.63, 3.8) is 0 Å². The van der Waals surface area contributed by atoms with Crippen LogP contribution < -0.4 is 5.32 Å². The number of anilines is 1. The van der Waals surface area contributed by atoms with Gasteiger partial charge in [0, 0.05) is 52.0 Å². The van der Waals surface area contributed by atoms with Crippen LogP contribution in [0.25, 0.3) is 0 Å². The molecule has 0 aromatic heterocycles. The van der Waals surface area contributed by atoms with Gasteiger partial charge in [0.2, 0.25) is 0 Å². The van der Waals surface area contributed by atoms with Crippen LogP contribution in [0.15, 0.2) is 18.2 Å². The lowest BCUT2D eigenvalue weighted by Crippen LogP contribution is -2.50. The Labute approximate surface area is 178 Å². The molecular weight excluding hydrogens is 409 g/mol. The third kappa shape index (κ3) is 5.29. The summed E-state index contributed by atoms with van der Waals surface area (Å²) in [5.41, 5.74) is 0.898. The summed E-state index contributed by atoms with van der Waals surface area (Å²) in [5.74, 6) is -0.378. The highest BCUT2D eigenvalue weighted by Crippen LogP contribution is 2.22. The maximum atomic E-state index is 13.7. The normalized spacial score (nSPS) is 20.5. The fourth-order valence-corrected chi connectivity index (χ4v) is 5.26. The summed E-state index contributed by atoms with van der Waals surface area (Å²) in [7, 11) is -0.538. The van der Waals surface area contributed by atoms with Crippen molar-refractivity contribution in [1.29, 1.82) is 0 Å². The molecule has 2 aliphatic heterocycles. The third-order valence-electron chi connectivity index (χ3n) is 5.87. The van der Waals surface area contributed by atoms with Crippen LogP contribution in [0.3, 0.4) is 0 Å². The highest BCUT2D eigenvalue weighted by atomic mass is 32.2. The molecule has 0 spiro atoms. The zero-order valence-electron chi connectivity index (χ0n) is 18.0. The van der Waals surface area contributed by atoms with Crippen LogP contribution in [0.4, 0.5) is 14.9 Å². The average Bonchev–Trinajstić information content (AvgIpc) is 3.37. The van der Waals surface area contributed by atoms with E-state index in [1.165, 1.54) is 28.8 Å². The Bertz CT molecular complexity index is 858. The standard InChI is InChI=1S/C20H32FN5O3S/c1-16-6-7-17(14-19(16)21)22-20(27)25-11-8-18(15-25)26(30(28,29)23(2)3)13-12-24-9-4-5-10-24/h6-7,14,18H,4-5,8-13,15H2,1-3H3,(H,22,27). The number of halogens is 1. The first-order valence-electron chi connectivity index (χ1n) is 10.4. The zero-order valence-corrected chi connectivity index (χ0v) is 18.8. The lowest BCUT2D eigenvalue weighted by atomic mass is 10.2. The molecule has 2 aliphatic rings. The van der Waals surface area contributed by atoms with Gasteiger partial charge in [0.15, 0.2) is 0 Å². The summed E-state index contributed by atoms with van der Waals surface area (Å²) in [6.45, 7) is 5.53. The van der Waals surface area contributed by atoms with Gasteiger partial charge in [-0.3, -0.25) is 0 Å². The Morgan fingerprint density at radius 2 is 1.93 bits per heavy atom. The smallest absolute Gasteiger partial charge is 0.321 e. The number of nitrogens with zero attached hydrogens (tertiary/aromatic N) is 4. The van der Waals surface area contributed by atoms with Crippen LogP contribution in [0.1, 0.15) is 24.8 Å². The number of urea groups is 1. The van der Waals surface area contributed by atoms with Crippen molar-refractivity contribution in [1.82, 2.24) is 18.4 Å². The highest BCUT2D eigenvalue weighted by Gasteiger charge is 2.37. The SMILES string of the molecule is Cc1ccc(NC(=O)N2CCC(N(CCN3CCCC3)S(=O)(=O)N(C)C)C2)cc1F. The lowest BCUT2D eigenvalue weighted by Gasteiger charge is -2.32. The Morgan fingerprint density at radius 3 is 2.57 bits per heavy atom. The molecule has 0 bridgehead atoms. The number of benzene rings is 1. The van der Waals surface area contributed by atoms with Crippen LogP contribution in [-0.4, -0.2) is 92.3 Å². The van der Waals surface area contributed by atoms with E-state index in [4.69, 9.17) is 0 Å². The molecule has 2 saturated heterocycles. The largest absolute Gasteiger partial charge is 0.323 e. The van der Waals surface area contributed by atoms with Gasteiger partial charge in [-0.05, 0) is 57.0 Å². The van der Waals surface area contributed by atoms with Crippen molar-refractivity contribution >= 4 is 21.9 Å². The zero-order chi connectivity index (χ0) is 21.9. The van der Waals surface area contributed by atoms with E-state index in [0.717, 1.165) is 25.9 Å². The van der Waals surface area contributed by atoms with Crippen LogP contribution in [0, 0.1) is 12.7 Å². The van der Waals surface area contributed by atoms with Crippen molar-refractivity contribution in [3.8, 4) is 0 Å². The number of nitrogens with one attached hydrogen (secondary N) is 1. The fourth-order valence-electron chi connectivity index (χ4n) is 3.98. The quantitative estimate of drug-likeness (QED) is 0.702. The van der Waals surface area contributed by atoms with Crippen molar-refractivity contribution in [2.45, 2.75) is 32.2 Å². The minimum Gasteiger partial charge on any atom is -0.323 e. The Balaban J connectivity index is 1.65. The third-order valence-corrected chi connectivity index (χ3v) is 7.87. The topological polar surface area (TPSA) is 76.2 Å². The predicted octanol–water partition coefficient (Wildman–Crippen LogP) is 1.94. The van der Waals surface area contributed by atoms with E-state index in [1.54, 1.807) is 24.0 Å². The molecule has 1 N–H and O–H groups in total. The van der Waals surface area contributed by atoms with Gasteiger partial charge in [-0.1, -0.05) is 6.07 Å². The van der Waals surface area contributed by atoms with Crippen molar-refractivity contribution < 1.29 is 17.6 Å². The molecule has 2 amide bonds. The van der Waals surface area contributed by atoms with Crippen LogP contribution in [0.2, 0.25) is 0 Å². The van der Waals surface area contributed by atoms with E-state index < -0.39 is 10.2 Å². The number of carbonyl (C=O) groups is 1. The van der Waals surface area contributed by atoms with E-state index in [1.807, 2.05) is 0 Å². The van der Waals surface area contributed by atoms with Crippen molar-refractivity contribution in [3.05, 3.63) is 29.6 Å². The maximum absolute atomic E-state index is 13.7. The second kappa shape index (κ2) is 9.59. The molecule has 0 radical (unpaired) electrons. The van der Waals surface area contributed by atoms with E-state index in [9.17, 15) is 17.6 Å². The second-order valence-electron chi connectivity index (χ2n) is 8.23. The number of aryl methyl sites for hydroxylation is 1. The summed E-state index contributed by atoms with van der Waals surface area (Å²) in [6.07, 6.45) is 2.87. The van der Waals surface area contributed by atoms with E-state index >= 15 is 0 Å². The maximum Gasteiger partial charge on any atom is 0.321 e. The molecular formula is C20H32FN5O3S. The Hall–Kier alpha value is -1.75. The first kappa shape index (κ1) is 22.9. The number of carbonyl (C=O) groups excluding carboxylic acids is 1. The first-order chi connectivity index (χ1) is 14.2. The Morgan fingerprint density at radius 1 is 1.23 bits per heavy atom. The molecule has 2 heterocycles. The predicted molar refractivity (Wildman–Crippen MR) is 115 cm³/mol. The van der Waals surface area contributed by atoms with E-state index in [-0.39, 0.29) is 17.9 Å². The first-order valence-corrected chi connectivity index (χ1v) is 11.8. The summed E-state index contributed by atoms with van der Waals surface area (Å²) < 4.78 is 42.4. The molecule has 0 aliphatic carbocycles. The monoisotopic (exact) mass is 441 g/mol. The van der Waals surface area contributed by atoms with Crippen LogP contribution >= 0.6 is 0 Å². The molecule has 30 heavy (non-hydrogen) atoms. The van der Waals surface area contributed by atoms with Gasteiger partial charge < -0.3 is 15.1 Å². The number of rotatable bonds is 7. The van der Waals surface area contributed by atoms with Gasteiger partial charge in [-0.2, -0.15) is 17.0 Å². The summed E-state index contributed by atoms with van der Waals surface area (Å²) >= 11 is 0. The molecule has 2 fully saturated rings. The molecule has 8 nitrogen and oxygen atoms in total. The van der Waals surface area contributed by atoms with Gasteiger partial charge in [0.05, 0.1) is 0 Å². The highest BCUT2D eigenvalue weighted by molar-refractivity contribution is 7.86. The molecule has 1 atom stereocenters. The molecule has 1 aromatic rings. The lowest BCUT2D eigenvalue weighted by molar-refractivity contribution is 0.214. The minimum absolute atomic E-state index is 0.277. The number of likely N-dealkylation sites (tertiary alicyclic amines) is 2. The van der Waals surface area contributed by atoms with Gasteiger partial charge in [-0.15, -0.1) is 0 Å². The molecule has 3 rings (SSSR count). The van der Waals surface area contributed by atoms with Crippen LogP contribution in [-0.2, 0) is 10.2 Å². The van der Waals surface area contributed by atoms with Crippen molar-refractivity contribution in [2.75, 3.05) is 58.7 Å². The van der Waals surface area contributed by atoms with Gasteiger partial charge in [0.1, 0.15) is 5.82 Å².